The first-order chi connectivity index (χ1) is 7.74. The van der Waals surface area contributed by atoms with E-state index in [1.807, 2.05) is 11.8 Å². The Morgan fingerprint density at radius 2 is 1.88 bits per heavy atom. The van der Waals surface area contributed by atoms with Gasteiger partial charge in [0, 0.05) is 0 Å². The molecule has 0 amide bonds. The predicted octanol–water partition coefficient (Wildman–Crippen LogP) is -0.00440. The van der Waals surface area contributed by atoms with Crippen molar-refractivity contribution in [1.82, 2.24) is 0 Å². The van der Waals surface area contributed by atoms with Crippen molar-refractivity contribution in [3.05, 3.63) is 0 Å². The van der Waals surface area contributed by atoms with Crippen LogP contribution in [0.5, 0.6) is 0 Å². The fraction of sp³-hybridized carbons (Fsp3) is 1.00. The number of alkyl halides is 2. The van der Waals surface area contributed by atoms with Gasteiger partial charge in [-0.3, -0.25) is 0 Å². The summed E-state index contributed by atoms with van der Waals surface area (Å²) in [5.41, 5.74) is 0.444. The third-order valence-electron chi connectivity index (χ3n) is 2.59. The molecule has 2 unspecified atom stereocenters. The van der Waals surface area contributed by atoms with E-state index in [-0.39, 0.29) is 0 Å². The normalized spacial score (nSPS) is 41.1. The Balaban J connectivity index is 1.60. The minimum absolute atomic E-state index is 0.357. The summed E-state index contributed by atoms with van der Waals surface area (Å²) >= 11 is 6.77. The van der Waals surface area contributed by atoms with E-state index >= 15 is 0 Å². The van der Waals surface area contributed by atoms with E-state index in [9.17, 15) is 0 Å². The number of ether oxygens (including phenoxy) is 1. The molecule has 2 aliphatic heterocycles. The van der Waals surface area contributed by atoms with Crippen molar-refractivity contribution in [2.75, 3.05) is 28.3 Å². The Labute approximate surface area is 122 Å². The Bertz CT molecular complexity index is 179. The molecule has 0 aromatic rings. The number of hydrogen-bond acceptors (Lipinski definition) is 4. The molecule has 0 bridgehead atoms. The number of rotatable bonds is 3. The molecule has 0 saturated carbocycles. The first-order valence-electron chi connectivity index (χ1n) is 5.78. The fourth-order valence-electron chi connectivity index (χ4n) is 1.59. The maximum absolute atomic E-state index is 5.72. The molecule has 0 radical (unpaired) electrons. The molecule has 0 spiro atoms. The van der Waals surface area contributed by atoms with Gasteiger partial charge in [0.1, 0.15) is 0 Å². The molecule has 2 fully saturated rings. The summed E-state index contributed by atoms with van der Waals surface area (Å²) in [6.45, 7) is 5.59. The second-order valence-corrected chi connectivity index (χ2v) is 12.0. The molecule has 2 rings (SSSR count). The zero-order valence-electron chi connectivity index (χ0n) is 9.86. The van der Waals surface area contributed by atoms with Gasteiger partial charge in [-0.05, 0) is 0 Å². The van der Waals surface area contributed by atoms with Gasteiger partial charge in [-0.1, -0.05) is 0 Å². The van der Waals surface area contributed by atoms with Gasteiger partial charge in [0.2, 0.25) is 0 Å². The van der Waals surface area contributed by atoms with Crippen LogP contribution in [0, 0.1) is 5.92 Å². The first-order valence-corrected chi connectivity index (χ1v) is 11.7. The van der Waals surface area contributed by atoms with Crippen molar-refractivity contribution in [3.63, 3.8) is 0 Å². The van der Waals surface area contributed by atoms with Crippen molar-refractivity contribution < 1.29 is 25.9 Å². The van der Waals surface area contributed by atoms with Crippen molar-refractivity contribution in [3.8, 4) is 0 Å². The standard InChI is InChI=1S/C11H20IOS3/c1-8-5-15-11(16-6-8)3-12-10-4-13-9(2)14-7-10/h8-11H,3-7H2,1-2H3/q-1. The quantitative estimate of drug-likeness (QED) is 0.495. The van der Waals surface area contributed by atoms with Crippen LogP contribution in [0.2, 0.25) is 0 Å². The van der Waals surface area contributed by atoms with E-state index < -0.39 is 0 Å². The van der Waals surface area contributed by atoms with E-state index in [1.165, 1.54) is 21.7 Å². The minimum atomic E-state index is 0.357. The van der Waals surface area contributed by atoms with Crippen molar-refractivity contribution in [2.24, 2.45) is 5.92 Å². The molecule has 2 aliphatic rings. The average molecular weight is 391 g/mol. The molecule has 5 heteroatoms. The van der Waals surface area contributed by atoms with Crippen LogP contribution in [0.25, 0.3) is 0 Å². The molecule has 2 saturated heterocycles. The molecular formula is C11H20IOS3-. The maximum atomic E-state index is 5.72. The molecule has 0 N–H and O–H groups in total. The summed E-state index contributed by atoms with van der Waals surface area (Å²) in [6, 6.07) is 0. The Kier molecular flexibility index (Phi) is 6.51. The Hall–Kier alpha value is 1.74. The summed E-state index contributed by atoms with van der Waals surface area (Å²) in [6.07, 6.45) is 0. The van der Waals surface area contributed by atoms with Gasteiger partial charge in [0.25, 0.3) is 0 Å². The van der Waals surface area contributed by atoms with Gasteiger partial charge in [0.15, 0.2) is 0 Å². The molecular weight excluding hydrogens is 371 g/mol. The van der Waals surface area contributed by atoms with Crippen molar-refractivity contribution in [1.29, 1.82) is 0 Å². The van der Waals surface area contributed by atoms with Gasteiger partial charge in [-0.25, -0.2) is 0 Å². The third kappa shape index (κ3) is 4.78. The van der Waals surface area contributed by atoms with Crippen LogP contribution >= 0.6 is 35.3 Å². The second-order valence-electron chi connectivity index (χ2n) is 4.34. The number of hydrogen-bond donors (Lipinski definition) is 0. The zero-order valence-corrected chi connectivity index (χ0v) is 14.5. The Morgan fingerprint density at radius 1 is 1.12 bits per heavy atom. The van der Waals surface area contributed by atoms with E-state index in [0.717, 1.165) is 21.0 Å². The van der Waals surface area contributed by atoms with Crippen LogP contribution in [0.15, 0.2) is 0 Å². The summed E-state index contributed by atoms with van der Waals surface area (Å²) in [5.74, 6) is 5.05. The van der Waals surface area contributed by atoms with Crippen LogP contribution in [0.3, 0.4) is 0 Å². The van der Waals surface area contributed by atoms with Gasteiger partial charge >= 0.3 is 123 Å². The number of thioether (sulfide) groups is 3. The van der Waals surface area contributed by atoms with Crippen LogP contribution in [0.4, 0.5) is 0 Å². The molecule has 0 aliphatic carbocycles. The molecule has 0 aromatic heterocycles. The summed E-state index contributed by atoms with van der Waals surface area (Å²) in [5, 5.41) is 0. The van der Waals surface area contributed by atoms with Crippen LogP contribution < -0.4 is 21.2 Å². The van der Waals surface area contributed by atoms with Crippen molar-refractivity contribution >= 4 is 35.3 Å². The van der Waals surface area contributed by atoms with Gasteiger partial charge in [-0.15, -0.1) is 0 Å². The molecule has 96 valence electrons. The van der Waals surface area contributed by atoms with E-state index in [0.29, 0.717) is 26.6 Å². The third-order valence-corrected chi connectivity index (χ3v) is 12.4. The number of halogens is 1. The SMILES string of the molecule is CC1CSC(C[I-]C2COC(C)SC2)SC1. The summed E-state index contributed by atoms with van der Waals surface area (Å²) in [4.78, 5) is 0. The van der Waals surface area contributed by atoms with E-state index in [4.69, 9.17) is 4.74 Å². The monoisotopic (exact) mass is 391 g/mol. The van der Waals surface area contributed by atoms with Crippen molar-refractivity contribution in [2.45, 2.75) is 27.8 Å². The summed E-state index contributed by atoms with van der Waals surface area (Å²) in [7, 11) is 0. The van der Waals surface area contributed by atoms with Gasteiger partial charge in [-0.2, -0.15) is 0 Å². The Morgan fingerprint density at radius 3 is 2.50 bits per heavy atom. The molecule has 16 heavy (non-hydrogen) atoms. The van der Waals surface area contributed by atoms with Crippen LogP contribution in [-0.2, 0) is 4.74 Å². The second kappa shape index (κ2) is 7.36. The van der Waals surface area contributed by atoms with E-state index in [2.05, 4.69) is 37.4 Å². The molecule has 2 heterocycles. The first kappa shape index (κ1) is 14.2. The fourth-order valence-corrected chi connectivity index (χ4v) is 10.4. The predicted molar refractivity (Wildman–Crippen MR) is 74.4 cm³/mol. The molecule has 2 atom stereocenters. The van der Waals surface area contributed by atoms with E-state index in [1.54, 1.807) is 0 Å². The van der Waals surface area contributed by atoms with Gasteiger partial charge in [0.05, 0.1) is 0 Å². The molecule has 1 nitrogen and oxygen atoms in total. The average Bonchev–Trinajstić information content (AvgIpc) is 2.30. The van der Waals surface area contributed by atoms with Crippen LogP contribution in [-0.4, -0.2) is 42.2 Å². The van der Waals surface area contributed by atoms with Gasteiger partial charge < -0.3 is 0 Å². The topological polar surface area (TPSA) is 9.23 Å². The zero-order chi connectivity index (χ0) is 11.4. The summed E-state index contributed by atoms with van der Waals surface area (Å²) < 4.78 is 9.04. The molecule has 0 aromatic carbocycles. The van der Waals surface area contributed by atoms with Crippen LogP contribution in [0.1, 0.15) is 13.8 Å².